The van der Waals surface area contributed by atoms with Gasteiger partial charge in [-0.3, -0.25) is 4.79 Å². The van der Waals surface area contributed by atoms with Crippen molar-refractivity contribution in [2.24, 2.45) is 0 Å². The minimum atomic E-state index is -0.220. The van der Waals surface area contributed by atoms with Crippen LogP contribution in [0.4, 0.5) is 16.5 Å². The summed E-state index contributed by atoms with van der Waals surface area (Å²) in [5, 5.41) is 15.0. The molecule has 8 heteroatoms. The van der Waals surface area contributed by atoms with Crippen molar-refractivity contribution < 1.29 is 4.79 Å². The van der Waals surface area contributed by atoms with Gasteiger partial charge in [0.25, 0.3) is 0 Å². The molecule has 1 unspecified atom stereocenters. The molecule has 134 valence electrons. The van der Waals surface area contributed by atoms with Crippen LogP contribution in [0.2, 0.25) is 0 Å². The van der Waals surface area contributed by atoms with Gasteiger partial charge in [-0.15, -0.1) is 10.2 Å². The summed E-state index contributed by atoms with van der Waals surface area (Å²) in [5.74, 6) is -0.0274. The van der Waals surface area contributed by atoms with Gasteiger partial charge >= 0.3 is 0 Å². The molecule has 0 saturated carbocycles. The van der Waals surface area contributed by atoms with Gasteiger partial charge in [-0.05, 0) is 36.8 Å². The molecule has 0 aliphatic carbocycles. The molecule has 1 atom stereocenters. The van der Waals surface area contributed by atoms with Crippen LogP contribution in [0, 0.1) is 0 Å². The third-order valence-electron chi connectivity index (χ3n) is 3.43. The van der Waals surface area contributed by atoms with E-state index < -0.39 is 0 Å². The molecule has 0 radical (unpaired) electrons. The van der Waals surface area contributed by atoms with Crippen molar-refractivity contribution in [2.45, 2.75) is 22.9 Å². The van der Waals surface area contributed by atoms with E-state index in [4.69, 9.17) is 0 Å². The fourth-order valence-electron chi connectivity index (χ4n) is 2.19. The molecular formula is C18H17BrN4OS2. The molecule has 0 aliphatic heterocycles. The summed E-state index contributed by atoms with van der Waals surface area (Å²) in [4.78, 5) is 12.5. The molecule has 5 nitrogen and oxygen atoms in total. The van der Waals surface area contributed by atoms with E-state index in [0.29, 0.717) is 11.6 Å². The maximum Gasteiger partial charge on any atom is 0.237 e. The first-order valence-corrected chi connectivity index (χ1v) is 10.5. The topological polar surface area (TPSA) is 66.9 Å². The summed E-state index contributed by atoms with van der Waals surface area (Å²) in [6.07, 6.45) is 0.706. The number of thioether (sulfide) groups is 1. The predicted molar refractivity (Wildman–Crippen MR) is 112 cm³/mol. The van der Waals surface area contributed by atoms with Gasteiger partial charge in [0, 0.05) is 15.8 Å². The Balaban J connectivity index is 1.62. The summed E-state index contributed by atoms with van der Waals surface area (Å²) in [5.41, 5.74) is 1.73. The van der Waals surface area contributed by atoms with Gasteiger partial charge in [0.1, 0.15) is 0 Å². The number of hydrogen-bond acceptors (Lipinski definition) is 6. The number of amides is 1. The second-order valence-electron chi connectivity index (χ2n) is 5.38. The minimum absolute atomic E-state index is 0.0274. The Morgan fingerprint density at radius 3 is 2.65 bits per heavy atom. The van der Waals surface area contributed by atoms with Gasteiger partial charge in [-0.25, -0.2) is 0 Å². The Morgan fingerprint density at radius 1 is 1.15 bits per heavy atom. The van der Waals surface area contributed by atoms with Crippen LogP contribution in [0.15, 0.2) is 63.4 Å². The molecule has 26 heavy (non-hydrogen) atoms. The minimum Gasteiger partial charge on any atom is -0.330 e. The maximum atomic E-state index is 12.5. The number of carbonyl (C=O) groups excluding carboxylic acids is 1. The van der Waals surface area contributed by atoms with Crippen molar-refractivity contribution in [1.82, 2.24) is 10.2 Å². The summed E-state index contributed by atoms with van der Waals surface area (Å²) in [6, 6.07) is 17.3. The molecule has 1 heterocycles. The molecule has 0 fully saturated rings. The smallest absolute Gasteiger partial charge is 0.237 e. The van der Waals surface area contributed by atoms with Crippen molar-refractivity contribution >= 4 is 61.4 Å². The molecule has 0 saturated heterocycles. The zero-order valence-corrected chi connectivity index (χ0v) is 17.2. The van der Waals surface area contributed by atoms with E-state index in [9.17, 15) is 4.79 Å². The number of halogens is 1. The molecule has 0 spiro atoms. The number of nitrogens with zero attached hydrogens (tertiary/aromatic N) is 2. The lowest BCUT2D eigenvalue weighted by Gasteiger charge is -2.12. The van der Waals surface area contributed by atoms with Crippen LogP contribution < -0.4 is 10.6 Å². The average molecular weight is 449 g/mol. The first-order valence-electron chi connectivity index (χ1n) is 8.02. The Labute approximate surface area is 168 Å². The van der Waals surface area contributed by atoms with Crippen molar-refractivity contribution in [3.63, 3.8) is 0 Å². The number of rotatable bonds is 7. The highest BCUT2D eigenvalue weighted by Crippen LogP contribution is 2.32. The van der Waals surface area contributed by atoms with Crippen LogP contribution in [0.5, 0.6) is 0 Å². The molecule has 1 amide bonds. The standard InChI is InChI=1S/C18H17BrN4OS2/c1-2-15(16(24)20-13-8-4-3-5-9-13)25-18-23-22-17(26-18)21-14-10-6-7-12(19)11-14/h3-11,15H,2H2,1H3,(H,20,24)(H,21,22). The first kappa shape index (κ1) is 18.9. The Hall–Kier alpha value is -1.90. The third-order valence-corrected chi connectivity index (χ3v) is 6.21. The number of carbonyl (C=O) groups is 1. The van der Waals surface area contributed by atoms with E-state index in [1.54, 1.807) is 0 Å². The SMILES string of the molecule is CCC(Sc1nnc(Nc2cccc(Br)c2)s1)C(=O)Nc1ccccc1. The summed E-state index contributed by atoms with van der Waals surface area (Å²) in [6.45, 7) is 1.99. The molecule has 3 aromatic rings. The van der Waals surface area contributed by atoms with Crippen molar-refractivity contribution in [1.29, 1.82) is 0 Å². The van der Waals surface area contributed by atoms with Crippen LogP contribution in [0.3, 0.4) is 0 Å². The lowest BCUT2D eigenvalue weighted by Crippen LogP contribution is -2.24. The number of hydrogen-bond donors (Lipinski definition) is 2. The third kappa shape index (κ3) is 5.30. The number of para-hydroxylation sites is 1. The van der Waals surface area contributed by atoms with E-state index in [0.717, 1.165) is 20.2 Å². The molecule has 1 aromatic heterocycles. The zero-order valence-electron chi connectivity index (χ0n) is 14.0. The van der Waals surface area contributed by atoms with Gasteiger partial charge in [0.05, 0.1) is 5.25 Å². The molecule has 2 aromatic carbocycles. The maximum absolute atomic E-state index is 12.5. The number of anilines is 3. The van der Waals surface area contributed by atoms with Gasteiger partial charge in [0.15, 0.2) is 4.34 Å². The Morgan fingerprint density at radius 2 is 1.92 bits per heavy atom. The van der Waals surface area contributed by atoms with Gasteiger partial charge in [-0.2, -0.15) is 0 Å². The molecule has 2 N–H and O–H groups in total. The second kappa shape index (κ2) is 9.16. The van der Waals surface area contributed by atoms with Crippen molar-refractivity contribution in [3.05, 3.63) is 59.1 Å². The highest BCUT2D eigenvalue weighted by Gasteiger charge is 2.20. The van der Waals surface area contributed by atoms with E-state index in [1.165, 1.54) is 23.1 Å². The van der Waals surface area contributed by atoms with Crippen LogP contribution >= 0.6 is 39.0 Å². The number of aromatic nitrogens is 2. The van der Waals surface area contributed by atoms with E-state index in [-0.39, 0.29) is 11.2 Å². The van der Waals surface area contributed by atoms with Gasteiger partial charge < -0.3 is 10.6 Å². The highest BCUT2D eigenvalue weighted by atomic mass is 79.9. The lowest BCUT2D eigenvalue weighted by atomic mass is 10.3. The summed E-state index contributed by atoms with van der Waals surface area (Å²) in [7, 11) is 0. The molecular weight excluding hydrogens is 432 g/mol. The Bertz CT molecular complexity index is 872. The van der Waals surface area contributed by atoms with Crippen LogP contribution in [0.1, 0.15) is 13.3 Å². The van der Waals surface area contributed by atoms with E-state index >= 15 is 0 Å². The van der Waals surface area contributed by atoms with Gasteiger partial charge in [0.2, 0.25) is 11.0 Å². The fourth-order valence-corrected chi connectivity index (χ4v) is 4.52. The first-order chi connectivity index (χ1) is 12.6. The van der Waals surface area contributed by atoms with Gasteiger partial charge in [-0.1, -0.05) is 70.2 Å². The van der Waals surface area contributed by atoms with Crippen LogP contribution in [-0.2, 0) is 4.79 Å². The van der Waals surface area contributed by atoms with Crippen molar-refractivity contribution in [3.8, 4) is 0 Å². The highest BCUT2D eigenvalue weighted by molar-refractivity contribution is 9.10. The predicted octanol–water partition coefficient (Wildman–Crippen LogP) is 5.55. The summed E-state index contributed by atoms with van der Waals surface area (Å²) < 4.78 is 1.75. The van der Waals surface area contributed by atoms with Crippen LogP contribution in [0.25, 0.3) is 0 Å². The number of benzene rings is 2. The van der Waals surface area contributed by atoms with E-state index in [1.807, 2.05) is 61.5 Å². The largest absolute Gasteiger partial charge is 0.330 e. The summed E-state index contributed by atoms with van der Waals surface area (Å²) >= 11 is 6.31. The lowest BCUT2D eigenvalue weighted by molar-refractivity contribution is -0.115. The number of nitrogens with one attached hydrogen (secondary N) is 2. The van der Waals surface area contributed by atoms with Crippen LogP contribution in [-0.4, -0.2) is 21.4 Å². The molecule has 0 aliphatic rings. The molecule has 0 bridgehead atoms. The van der Waals surface area contributed by atoms with Crippen molar-refractivity contribution in [2.75, 3.05) is 10.6 Å². The Kier molecular flexibility index (Phi) is 6.65. The average Bonchev–Trinajstić information content (AvgIpc) is 3.07. The van der Waals surface area contributed by atoms with E-state index in [2.05, 4.69) is 36.8 Å². The fraction of sp³-hybridized carbons (Fsp3) is 0.167. The molecule has 3 rings (SSSR count). The zero-order chi connectivity index (χ0) is 18.4. The quantitative estimate of drug-likeness (QED) is 0.463. The monoisotopic (exact) mass is 448 g/mol. The second-order valence-corrected chi connectivity index (χ2v) is 8.72. The normalized spacial score (nSPS) is 11.8.